The third-order valence-corrected chi connectivity index (χ3v) is 2.56. The monoisotopic (exact) mass is 248 g/mol. The van der Waals surface area contributed by atoms with E-state index in [1.54, 1.807) is 0 Å². The lowest BCUT2D eigenvalue weighted by Gasteiger charge is -2.11. The fourth-order valence-electron chi connectivity index (χ4n) is 1.83. The van der Waals surface area contributed by atoms with Gasteiger partial charge in [-0.2, -0.15) is 5.10 Å². The number of hydrogen-bond acceptors (Lipinski definition) is 4. The van der Waals surface area contributed by atoms with Gasteiger partial charge in [-0.1, -0.05) is 6.07 Å². The molecule has 6 heteroatoms. The zero-order valence-corrected chi connectivity index (χ0v) is 10.3. The van der Waals surface area contributed by atoms with Gasteiger partial charge < -0.3 is 10.4 Å². The highest BCUT2D eigenvalue weighted by atomic mass is 16.3. The Morgan fingerprint density at radius 3 is 2.56 bits per heavy atom. The van der Waals surface area contributed by atoms with Gasteiger partial charge in [-0.25, -0.2) is 9.89 Å². The molecule has 0 saturated heterocycles. The summed E-state index contributed by atoms with van der Waals surface area (Å²) in [5, 5.41) is 18.8. The maximum atomic E-state index is 10.9. The van der Waals surface area contributed by atoms with E-state index in [1.165, 1.54) is 0 Å². The van der Waals surface area contributed by atoms with Crippen molar-refractivity contribution in [2.24, 2.45) is 0 Å². The molecule has 0 fully saturated rings. The smallest absolute Gasteiger partial charge is 0.340 e. The van der Waals surface area contributed by atoms with Crippen molar-refractivity contribution in [3.8, 4) is 0 Å². The number of nitrogens with one attached hydrogen (secondary N) is 3. The fraction of sp³-hybridized carbons (Fsp3) is 0.333. The van der Waals surface area contributed by atoms with Crippen molar-refractivity contribution in [1.82, 2.24) is 15.2 Å². The number of rotatable bonds is 4. The Balaban J connectivity index is 2.01. The van der Waals surface area contributed by atoms with Gasteiger partial charge in [-0.05, 0) is 37.1 Å². The molecule has 6 nitrogen and oxygen atoms in total. The minimum atomic E-state index is -0.857. The lowest BCUT2D eigenvalue weighted by Crippen LogP contribution is -2.14. The minimum absolute atomic E-state index is 0.233. The van der Waals surface area contributed by atoms with Crippen LogP contribution in [0, 0.1) is 13.8 Å². The lowest BCUT2D eigenvalue weighted by molar-refractivity contribution is 0.182. The van der Waals surface area contributed by atoms with Gasteiger partial charge in [-0.3, -0.25) is 4.98 Å². The first-order valence-electron chi connectivity index (χ1n) is 5.69. The van der Waals surface area contributed by atoms with Crippen LogP contribution in [0.15, 0.2) is 23.0 Å². The highest BCUT2D eigenvalue weighted by Gasteiger charge is 2.11. The summed E-state index contributed by atoms with van der Waals surface area (Å²) < 4.78 is 0. The second-order valence-corrected chi connectivity index (χ2v) is 4.34. The van der Waals surface area contributed by atoms with Crippen molar-refractivity contribution in [2.75, 3.05) is 11.9 Å². The molecule has 1 atom stereocenters. The third kappa shape index (κ3) is 2.98. The van der Waals surface area contributed by atoms with Crippen LogP contribution < -0.4 is 11.0 Å². The van der Waals surface area contributed by atoms with E-state index in [1.807, 2.05) is 26.0 Å². The second kappa shape index (κ2) is 5.05. The molecule has 2 rings (SSSR count). The molecule has 1 aromatic carbocycles. The number of aliphatic hydroxyl groups is 1. The van der Waals surface area contributed by atoms with Gasteiger partial charge in [0, 0.05) is 12.2 Å². The Labute approximate surface area is 104 Å². The van der Waals surface area contributed by atoms with Gasteiger partial charge in [0.1, 0.15) is 6.10 Å². The van der Waals surface area contributed by atoms with Crippen LogP contribution in [0.25, 0.3) is 0 Å². The molecule has 0 amide bonds. The number of hydrogen-bond donors (Lipinski definition) is 4. The largest absolute Gasteiger partial charge is 0.383 e. The minimum Gasteiger partial charge on any atom is -0.383 e. The van der Waals surface area contributed by atoms with Crippen LogP contribution >= 0.6 is 0 Å². The number of benzene rings is 1. The molecular formula is C12H16N4O2. The first kappa shape index (κ1) is 12.4. The zero-order chi connectivity index (χ0) is 13.1. The molecule has 2 aromatic rings. The molecule has 0 aliphatic heterocycles. The molecule has 0 spiro atoms. The van der Waals surface area contributed by atoms with E-state index < -0.39 is 11.8 Å². The molecule has 1 aromatic heterocycles. The Hall–Kier alpha value is -2.08. The van der Waals surface area contributed by atoms with Crippen molar-refractivity contribution < 1.29 is 5.11 Å². The van der Waals surface area contributed by atoms with E-state index in [4.69, 9.17) is 0 Å². The average molecular weight is 248 g/mol. The number of aromatic amines is 2. The van der Waals surface area contributed by atoms with Gasteiger partial charge in [0.25, 0.3) is 0 Å². The zero-order valence-electron chi connectivity index (χ0n) is 10.3. The number of H-pyrrole nitrogens is 2. The second-order valence-electron chi connectivity index (χ2n) is 4.34. The lowest BCUT2D eigenvalue weighted by atomic mass is 10.1. The maximum absolute atomic E-state index is 10.9. The van der Waals surface area contributed by atoms with Crippen LogP contribution in [0.3, 0.4) is 0 Å². The molecular weight excluding hydrogens is 232 g/mol. The van der Waals surface area contributed by atoms with Crippen molar-refractivity contribution in [3.05, 3.63) is 45.6 Å². The number of nitrogens with zero attached hydrogens (tertiary/aromatic N) is 1. The Morgan fingerprint density at radius 2 is 2.00 bits per heavy atom. The quantitative estimate of drug-likeness (QED) is 0.645. The van der Waals surface area contributed by atoms with E-state index in [-0.39, 0.29) is 12.4 Å². The molecule has 0 radical (unpaired) electrons. The van der Waals surface area contributed by atoms with Crippen LogP contribution in [0.4, 0.5) is 5.69 Å². The van der Waals surface area contributed by atoms with Gasteiger partial charge in [0.15, 0.2) is 5.82 Å². The Bertz CT molecular complexity index is 568. The summed E-state index contributed by atoms with van der Waals surface area (Å²) >= 11 is 0. The van der Waals surface area contributed by atoms with E-state index in [2.05, 4.69) is 26.6 Å². The average Bonchev–Trinajstić information content (AvgIpc) is 2.71. The van der Waals surface area contributed by atoms with Crippen LogP contribution in [0.5, 0.6) is 0 Å². The summed E-state index contributed by atoms with van der Waals surface area (Å²) in [6.45, 7) is 4.31. The van der Waals surface area contributed by atoms with Crippen molar-refractivity contribution in [1.29, 1.82) is 0 Å². The standard InChI is InChI=1S/C12H16N4O2/c1-7-3-8(2)5-9(4-7)13-6-10(17)11-14-12(18)16-15-11/h3-5,10,13,17H,6H2,1-2H3,(H2,14,15,16,18). The summed E-state index contributed by atoms with van der Waals surface area (Å²) in [6, 6.07) is 6.06. The van der Waals surface area contributed by atoms with E-state index in [9.17, 15) is 9.90 Å². The van der Waals surface area contributed by atoms with Crippen LogP contribution in [0.1, 0.15) is 23.1 Å². The SMILES string of the molecule is Cc1cc(C)cc(NCC(O)c2n[nH]c(=O)[nH]2)c1. The van der Waals surface area contributed by atoms with Crippen molar-refractivity contribution in [3.63, 3.8) is 0 Å². The molecule has 0 aliphatic rings. The summed E-state index contributed by atoms with van der Waals surface area (Å²) in [5.41, 5.74) is 2.82. The van der Waals surface area contributed by atoms with Crippen LogP contribution in [0.2, 0.25) is 0 Å². The molecule has 1 heterocycles. The van der Waals surface area contributed by atoms with Gasteiger partial charge in [0.05, 0.1) is 0 Å². The Morgan fingerprint density at radius 1 is 1.33 bits per heavy atom. The van der Waals surface area contributed by atoms with Crippen molar-refractivity contribution in [2.45, 2.75) is 20.0 Å². The number of aryl methyl sites for hydroxylation is 2. The fourth-order valence-corrected chi connectivity index (χ4v) is 1.83. The number of anilines is 1. The summed E-state index contributed by atoms with van der Waals surface area (Å²) in [7, 11) is 0. The van der Waals surface area contributed by atoms with Gasteiger partial charge in [0.2, 0.25) is 0 Å². The molecule has 0 bridgehead atoms. The van der Waals surface area contributed by atoms with E-state index >= 15 is 0 Å². The van der Waals surface area contributed by atoms with Gasteiger partial charge in [-0.15, -0.1) is 0 Å². The topological polar surface area (TPSA) is 93.8 Å². The van der Waals surface area contributed by atoms with Gasteiger partial charge >= 0.3 is 5.69 Å². The molecule has 0 aliphatic carbocycles. The predicted octanol–water partition coefficient (Wildman–Crippen LogP) is 0.860. The molecule has 96 valence electrons. The molecule has 1 unspecified atom stereocenters. The molecule has 0 saturated carbocycles. The summed E-state index contributed by atoms with van der Waals surface area (Å²) in [5.74, 6) is 0.233. The van der Waals surface area contributed by atoms with Crippen LogP contribution in [-0.2, 0) is 0 Å². The summed E-state index contributed by atoms with van der Waals surface area (Å²) in [6.07, 6.45) is -0.857. The number of aromatic nitrogens is 3. The summed E-state index contributed by atoms with van der Waals surface area (Å²) in [4.78, 5) is 13.3. The third-order valence-electron chi connectivity index (χ3n) is 2.56. The Kier molecular flexibility index (Phi) is 3.47. The highest BCUT2D eigenvalue weighted by Crippen LogP contribution is 2.15. The molecule has 4 N–H and O–H groups in total. The van der Waals surface area contributed by atoms with Crippen LogP contribution in [-0.4, -0.2) is 26.8 Å². The predicted molar refractivity (Wildman–Crippen MR) is 68.6 cm³/mol. The maximum Gasteiger partial charge on any atom is 0.340 e. The van der Waals surface area contributed by atoms with E-state index in [0.717, 1.165) is 16.8 Å². The molecule has 18 heavy (non-hydrogen) atoms. The number of aliphatic hydroxyl groups excluding tert-OH is 1. The normalized spacial score (nSPS) is 12.4. The first-order chi connectivity index (χ1) is 8.54. The van der Waals surface area contributed by atoms with E-state index in [0.29, 0.717) is 0 Å². The highest BCUT2D eigenvalue weighted by molar-refractivity contribution is 5.48. The van der Waals surface area contributed by atoms with Crippen molar-refractivity contribution >= 4 is 5.69 Å². The first-order valence-corrected chi connectivity index (χ1v) is 5.69.